The van der Waals surface area contributed by atoms with E-state index in [9.17, 15) is 9.18 Å². The maximum atomic E-state index is 13.5. The van der Waals surface area contributed by atoms with Crippen molar-refractivity contribution in [1.29, 1.82) is 0 Å². The Morgan fingerprint density at radius 3 is 2.33 bits per heavy atom. The smallest absolute Gasteiger partial charge is 0.319 e. The number of carbonyl (C=O) groups is 1. The number of halogens is 1. The van der Waals surface area contributed by atoms with E-state index >= 15 is 0 Å². The standard InChI is InChI=1S/C17H19FN2O4/c1-22-14-9-8-11(15(23-2)16(14)24-3)10-19-17(21)20-13-7-5-4-6-12(13)18/h4-9H,10H2,1-3H3,(H2,19,20,21). The SMILES string of the molecule is COc1ccc(CNC(=O)Nc2ccccc2F)c(OC)c1OC. The van der Waals surface area contributed by atoms with E-state index in [2.05, 4.69) is 10.6 Å². The van der Waals surface area contributed by atoms with Crippen LogP contribution in [0.4, 0.5) is 14.9 Å². The molecule has 0 atom stereocenters. The molecule has 0 aliphatic heterocycles. The predicted molar refractivity (Wildman–Crippen MR) is 88.4 cm³/mol. The van der Waals surface area contributed by atoms with Crippen LogP contribution in [-0.4, -0.2) is 27.4 Å². The zero-order chi connectivity index (χ0) is 17.5. The molecule has 128 valence electrons. The molecule has 24 heavy (non-hydrogen) atoms. The van der Waals surface area contributed by atoms with E-state index in [1.807, 2.05) is 0 Å². The molecular weight excluding hydrogens is 315 g/mol. The van der Waals surface area contributed by atoms with Gasteiger partial charge in [-0.15, -0.1) is 0 Å². The second-order valence-corrected chi connectivity index (χ2v) is 4.78. The van der Waals surface area contributed by atoms with Crippen molar-refractivity contribution in [2.75, 3.05) is 26.6 Å². The molecular formula is C17H19FN2O4. The number of methoxy groups -OCH3 is 3. The van der Waals surface area contributed by atoms with Crippen LogP contribution in [0.2, 0.25) is 0 Å². The lowest BCUT2D eigenvalue weighted by Gasteiger charge is -2.16. The normalized spacial score (nSPS) is 10.0. The summed E-state index contributed by atoms with van der Waals surface area (Å²) in [6.45, 7) is 0.170. The van der Waals surface area contributed by atoms with Gasteiger partial charge in [-0.3, -0.25) is 0 Å². The van der Waals surface area contributed by atoms with Gasteiger partial charge in [0.05, 0.1) is 27.0 Å². The number of rotatable bonds is 6. The van der Waals surface area contributed by atoms with Gasteiger partial charge in [-0.05, 0) is 24.3 Å². The first-order valence-electron chi connectivity index (χ1n) is 7.18. The zero-order valence-electron chi connectivity index (χ0n) is 13.7. The van der Waals surface area contributed by atoms with Gasteiger partial charge < -0.3 is 24.8 Å². The van der Waals surface area contributed by atoms with Crippen molar-refractivity contribution in [2.24, 2.45) is 0 Å². The van der Waals surface area contributed by atoms with Gasteiger partial charge in [0.1, 0.15) is 5.82 Å². The predicted octanol–water partition coefficient (Wildman–Crippen LogP) is 3.17. The fourth-order valence-electron chi connectivity index (χ4n) is 2.21. The van der Waals surface area contributed by atoms with Crippen LogP contribution in [-0.2, 0) is 6.54 Å². The van der Waals surface area contributed by atoms with Crippen LogP contribution in [0, 0.1) is 5.82 Å². The molecule has 0 fully saturated rings. The molecule has 0 aromatic heterocycles. The maximum Gasteiger partial charge on any atom is 0.319 e. The van der Waals surface area contributed by atoms with Crippen molar-refractivity contribution in [3.63, 3.8) is 0 Å². The first-order chi connectivity index (χ1) is 11.6. The first kappa shape index (κ1) is 17.4. The number of nitrogens with one attached hydrogen (secondary N) is 2. The molecule has 2 aromatic rings. The number of amides is 2. The molecule has 0 heterocycles. The molecule has 6 nitrogen and oxygen atoms in total. The minimum absolute atomic E-state index is 0.106. The number of hydrogen-bond acceptors (Lipinski definition) is 4. The summed E-state index contributed by atoms with van der Waals surface area (Å²) in [6, 6.07) is 8.87. The summed E-state index contributed by atoms with van der Waals surface area (Å²) in [4.78, 5) is 11.9. The Kier molecular flexibility index (Phi) is 5.83. The van der Waals surface area contributed by atoms with Crippen molar-refractivity contribution in [3.8, 4) is 17.2 Å². The average Bonchev–Trinajstić information content (AvgIpc) is 2.60. The molecule has 0 saturated heterocycles. The van der Waals surface area contributed by atoms with E-state index < -0.39 is 11.8 Å². The van der Waals surface area contributed by atoms with Crippen LogP contribution >= 0.6 is 0 Å². The molecule has 2 rings (SSSR count). The van der Waals surface area contributed by atoms with Crippen LogP contribution in [0.5, 0.6) is 17.2 Å². The van der Waals surface area contributed by atoms with E-state index in [0.717, 1.165) is 0 Å². The van der Waals surface area contributed by atoms with Gasteiger partial charge in [-0.1, -0.05) is 12.1 Å². The highest BCUT2D eigenvalue weighted by atomic mass is 19.1. The Morgan fingerprint density at radius 1 is 1.00 bits per heavy atom. The molecule has 7 heteroatoms. The topological polar surface area (TPSA) is 68.8 Å². The number of ether oxygens (including phenoxy) is 3. The van der Waals surface area contributed by atoms with E-state index in [1.54, 1.807) is 24.3 Å². The van der Waals surface area contributed by atoms with Crippen LogP contribution in [0.1, 0.15) is 5.56 Å². The molecule has 0 saturated carbocycles. The highest BCUT2D eigenvalue weighted by molar-refractivity contribution is 5.89. The Balaban J connectivity index is 2.09. The van der Waals surface area contributed by atoms with Crippen molar-refractivity contribution < 1.29 is 23.4 Å². The van der Waals surface area contributed by atoms with Gasteiger partial charge in [0, 0.05) is 12.1 Å². The largest absolute Gasteiger partial charge is 0.493 e. The van der Waals surface area contributed by atoms with Gasteiger partial charge in [-0.25, -0.2) is 9.18 Å². The van der Waals surface area contributed by atoms with Gasteiger partial charge in [0.25, 0.3) is 0 Å². The Hall–Kier alpha value is -2.96. The lowest BCUT2D eigenvalue weighted by atomic mass is 10.1. The minimum Gasteiger partial charge on any atom is -0.493 e. The molecule has 2 N–H and O–H groups in total. The Bertz CT molecular complexity index is 722. The molecule has 0 aliphatic carbocycles. The van der Waals surface area contributed by atoms with E-state index in [4.69, 9.17) is 14.2 Å². The Labute approximate surface area is 139 Å². The number of carbonyl (C=O) groups excluding carboxylic acids is 1. The quantitative estimate of drug-likeness (QED) is 0.851. The Morgan fingerprint density at radius 2 is 1.71 bits per heavy atom. The van der Waals surface area contributed by atoms with Gasteiger partial charge in [-0.2, -0.15) is 0 Å². The molecule has 2 amide bonds. The first-order valence-corrected chi connectivity index (χ1v) is 7.18. The van der Waals surface area contributed by atoms with Crippen molar-refractivity contribution in [2.45, 2.75) is 6.54 Å². The summed E-state index contributed by atoms with van der Waals surface area (Å²) in [6.07, 6.45) is 0. The summed E-state index contributed by atoms with van der Waals surface area (Å²) in [7, 11) is 4.53. The highest BCUT2D eigenvalue weighted by Gasteiger charge is 2.16. The number of anilines is 1. The lowest BCUT2D eigenvalue weighted by molar-refractivity contribution is 0.251. The number of hydrogen-bond donors (Lipinski definition) is 2. The zero-order valence-corrected chi connectivity index (χ0v) is 13.7. The van der Waals surface area contributed by atoms with Gasteiger partial charge in [0.15, 0.2) is 11.5 Å². The summed E-state index contributed by atoms with van der Waals surface area (Å²) in [5.41, 5.74) is 0.799. The molecule has 0 aliphatic rings. The third kappa shape index (κ3) is 3.87. The summed E-state index contributed by atoms with van der Waals surface area (Å²) in [5, 5.41) is 5.09. The van der Waals surface area contributed by atoms with Crippen molar-refractivity contribution in [1.82, 2.24) is 5.32 Å². The maximum absolute atomic E-state index is 13.5. The molecule has 0 unspecified atom stereocenters. The monoisotopic (exact) mass is 334 g/mol. The van der Waals surface area contributed by atoms with Crippen LogP contribution < -0.4 is 24.8 Å². The molecule has 2 aromatic carbocycles. The average molecular weight is 334 g/mol. The second-order valence-electron chi connectivity index (χ2n) is 4.78. The van der Waals surface area contributed by atoms with Gasteiger partial charge in [0.2, 0.25) is 5.75 Å². The molecule has 0 radical (unpaired) electrons. The third-order valence-electron chi connectivity index (χ3n) is 3.35. The van der Waals surface area contributed by atoms with E-state index in [0.29, 0.717) is 22.8 Å². The number of benzene rings is 2. The van der Waals surface area contributed by atoms with E-state index in [1.165, 1.54) is 33.5 Å². The number of para-hydroxylation sites is 1. The minimum atomic E-state index is -0.531. The summed E-state index contributed by atoms with van der Waals surface area (Å²) in [5.74, 6) is 0.919. The van der Waals surface area contributed by atoms with Crippen LogP contribution in [0.25, 0.3) is 0 Å². The van der Waals surface area contributed by atoms with Crippen LogP contribution in [0.15, 0.2) is 36.4 Å². The fourth-order valence-corrected chi connectivity index (χ4v) is 2.21. The summed E-state index contributed by atoms with van der Waals surface area (Å²) >= 11 is 0. The molecule has 0 bridgehead atoms. The lowest BCUT2D eigenvalue weighted by Crippen LogP contribution is -2.28. The third-order valence-corrected chi connectivity index (χ3v) is 3.35. The van der Waals surface area contributed by atoms with E-state index in [-0.39, 0.29) is 12.2 Å². The highest BCUT2D eigenvalue weighted by Crippen LogP contribution is 2.39. The fraction of sp³-hybridized carbons (Fsp3) is 0.235. The van der Waals surface area contributed by atoms with Crippen molar-refractivity contribution in [3.05, 3.63) is 47.8 Å². The number of urea groups is 1. The molecule has 0 spiro atoms. The second kappa shape index (κ2) is 8.05. The van der Waals surface area contributed by atoms with Gasteiger partial charge >= 0.3 is 6.03 Å². The summed E-state index contributed by atoms with van der Waals surface area (Å²) < 4.78 is 29.4. The van der Waals surface area contributed by atoms with Crippen LogP contribution in [0.3, 0.4) is 0 Å². The van der Waals surface area contributed by atoms with Crippen molar-refractivity contribution >= 4 is 11.7 Å².